The van der Waals surface area contributed by atoms with Gasteiger partial charge in [0.25, 0.3) is 5.69 Å². The smallest absolute Gasteiger partial charge is 0.296 e. The summed E-state index contributed by atoms with van der Waals surface area (Å²) in [5.74, 6) is -0.0961. The summed E-state index contributed by atoms with van der Waals surface area (Å²) in [6, 6.07) is 4.49. The molecule has 6 nitrogen and oxygen atoms in total. The highest BCUT2D eigenvalue weighted by atomic mass is 16.6. The number of nitro groups is 1. The summed E-state index contributed by atoms with van der Waals surface area (Å²) >= 11 is 0. The first-order chi connectivity index (χ1) is 8.16. The largest absolute Gasteiger partial charge is 0.508 e. The molecule has 0 amide bonds. The number of nitrogens with zero attached hydrogens (tertiary/aromatic N) is 1. The van der Waals surface area contributed by atoms with Crippen molar-refractivity contribution in [2.45, 2.75) is 18.9 Å². The summed E-state index contributed by atoms with van der Waals surface area (Å²) in [5, 5.41) is 26.4. The molecule has 2 rings (SSSR count). The molecule has 1 aromatic carbocycles. The fourth-order valence-electron chi connectivity index (χ4n) is 1.98. The molecule has 0 radical (unpaired) electrons. The molecule has 0 saturated carbocycles. The highest BCUT2D eigenvalue weighted by molar-refractivity contribution is 5.63. The molecule has 1 aliphatic heterocycles. The molecule has 1 aromatic rings. The van der Waals surface area contributed by atoms with Crippen molar-refractivity contribution in [2.75, 3.05) is 18.4 Å². The standard InChI is InChI=1S/C11H15N3O3/c15-9-3-4-10(11(6-9)14(16)17)13-7-8-2-1-5-12-8/h3-4,6,8,12-13,15H,1-2,5,7H2. The molecule has 1 aliphatic rings. The van der Waals surface area contributed by atoms with Gasteiger partial charge in [0.15, 0.2) is 0 Å². The molecular formula is C11H15N3O3. The molecule has 92 valence electrons. The molecule has 0 spiro atoms. The molecule has 1 fully saturated rings. The Morgan fingerprint density at radius 2 is 2.41 bits per heavy atom. The molecule has 1 unspecified atom stereocenters. The number of hydrogen-bond acceptors (Lipinski definition) is 5. The van der Waals surface area contributed by atoms with E-state index in [0.717, 1.165) is 25.5 Å². The number of phenols is 1. The molecule has 6 heteroatoms. The molecule has 0 bridgehead atoms. The van der Waals surface area contributed by atoms with Crippen LogP contribution in [-0.4, -0.2) is 29.2 Å². The van der Waals surface area contributed by atoms with Crippen LogP contribution in [0.1, 0.15) is 12.8 Å². The molecule has 3 N–H and O–H groups in total. The lowest BCUT2D eigenvalue weighted by molar-refractivity contribution is -0.384. The van der Waals surface area contributed by atoms with Crippen LogP contribution < -0.4 is 10.6 Å². The minimum atomic E-state index is -0.496. The predicted octanol–water partition coefficient (Wildman–Crippen LogP) is 1.46. The molecule has 0 aromatic heterocycles. The fraction of sp³-hybridized carbons (Fsp3) is 0.455. The third-order valence-electron chi connectivity index (χ3n) is 2.88. The van der Waals surface area contributed by atoms with Gasteiger partial charge >= 0.3 is 0 Å². The van der Waals surface area contributed by atoms with Crippen LogP contribution in [0.25, 0.3) is 0 Å². The van der Waals surface area contributed by atoms with E-state index in [1.54, 1.807) is 0 Å². The van der Waals surface area contributed by atoms with E-state index >= 15 is 0 Å². The van der Waals surface area contributed by atoms with Crippen LogP contribution >= 0.6 is 0 Å². The van der Waals surface area contributed by atoms with E-state index in [1.807, 2.05) is 0 Å². The maximum atomic E-state index is 10.8. The Bertz CT molecular complexity index is 416. The van der Waals surface area contributed by atoms with Gasteiger partial charge in [0.2, 0.25) is 0 Å². The average molecular weight is 237 g/mol. The Labute approximate surface area is 98.8 Å². The van der Waals surface area contributed by atoms with Crippen molar-refractivity contribution in [3.63, 3.8) is 0 Å². The van der Waals surface area contributed by atoms with Crippen molar-refractivity contribution in [1.82, 2.24) is 5.32 Å². The van der Waals surface area contributed by atoms with E-state index in [9.17, 15) is 15.2 Å². The van der Waals surface area contributed by atoms with E-state index in [0.29, 0.717) is 18.3 Å². The van der Waals surface area contributed by atoms with Crippen LogP contribution in [0.4, 0.5) is 11.4 Å². The maximum Gasteiger partial charge on any atom is 0.296 e. The molecular weight excluding hydrogens is 222 g/mol. The summed E-state index contributed by atoms with van der Waals surface area (Å²) in [4.78, 5) is 10.3. The summed E-state index contributed by atoms with van der Waals surface area (Å²) < 4.78 is 0. The monoisotopic (exact) mass is 237 g/mol. The molecule has 17 heavy (non-hydrogen) atoms. The molecule has 1 heterocycles. The van der Waals surface area contributed by atoms with E-state index in [2.05, 4.69) is 10.6 Å². The lowest BCUT2D eigenvalue weighted by Gasteiger charge is -2.12. The Balaban J connectivity index is 2.06. The first-order valence-corrected chi connectivity index (χ1v) is 5.61. The van der Waals surface area contributed by atoms with Crippen molar-refractivity contribution in [1.29, 1.82) is 0 Å². The van der Waals surface area contributed by atoms with Crippen molar-refractivity contribution >= 4 is 11.4 Å². The van der Waals surface area contributed by atoms with Gasteiger partial charge in [-0.1, -0.05) is 0 Å². The van der Waals surface area contributed by atoms with Gasteiger partial charge < -0.3 is 15.7 Å². The Morgan fingerprint density at radius 3 is 3.06 bits per heavy atom. The van der Waals surface area contributed by atoms with E-state index in [-0.39, 0.29) is 11.4 Å². The van der Waals surface area contributed by atoms with Crippen molar-refractivity contribution in [3.05, 3.63) is 28.3 Å². The highest BCUT2D eigenvalue weighted by Gasteiger charge is 2.17. The zero-order chi connectivity index (χ0) is 12.3. The lowest BCUT2D eigenvalue weighted by atomic mass is 10.2. The van der Waals surface area contributed by atoms with Crippen molar-refractivity contribution < 1.29 is 10.0 Å². The molecule has 1 atom stereocenters. The summed E-state index contributed by atoms with van der Waals surface area (Å²) in [6.07, 6.45) is 2.23. The van der Waals surface area contributed by atoms with Gasteiger partial charge in [-0.25, -0.2) is 0 Å². The Kier molecular flexibility index (Phi) is 3.43. The fourth-order valence-corrected chi connectivity index (χ4v) is 1.98. The lowest BCUT2D eigenvalue weighted by Crippen LogP contribution is -2.29. The number of benzene rings is 1. The minimum Gasteiger partial charge on any atom is -0.508 e. The number of aromatic hydroxyl groups is 1. The maximum absolute atomic E-state index is 10.8. The number of phenolic OH excluding ortho intramolecular Hbond substituents is 1. The predicted molar refractivity (Wildman–Crippen MR) is 64.3 cm³/mol. The second-order valence-corrected chi connectivity index (χ2v) is 4.13. The van der Waals surface area contributed by atoms with Crippen LogP contribution in [0.2, 0.25) is 0 Å². The summed E-state index contributed by atoms with van der Waals surface area (Å²) in [7, 11) is 0. The minimum absolute atomic E-state index is 0.0944. The van der Waals surface area contributed by atoms with Crippen molar-refractivity contribution in [2.24, 2.45) is 0 Å². The van der Waals surface area contributed by atoms with Crippen molar-refractivity contribution in [3.8, 4) is 5.75 Å². The van der Waals surface area contributed by atoms with Gasteiger partial charge in [0, 0.05) is 12.6 Å². The van der Waals surface area contributed by atoms with Gasteiger partial charge in [-0.15, -0.1) is 0 Å². The first-order valence-electron chi connectivity index (χ1n) is 5.61. The summed E-state index contributed by atoms with van der Waals surface area (Å²) in [6.45, 7) is 1.66. The molecule has 0 aliphatic carbocycles. The van der Waals surface area contributed by atoms with Gasteiger partial charge in [0.1, 0.15) is 11.4 Å². The van der Waals surface area contributed by atoms with Crippen LogP contribution in [-0.2, 0) is 0 Å². The zero-order valence-corrected chi connectivity index (χ0v) is 9.35. The third kappa shape index (κ3) is 2.85. The van der Waals surface area contributed by atoms with Gasteiger partial charge in [0.05, 0.1) is 11.0 Å². The van der Waals surface area contributed by atoms with E-state index in [4.69, 9.17) is 0 Å². The number of nitro benzene ring substituents is 1. The summed E-state index contributed by atoms with van der Waals surface area (Å²) in [5.41, 5.74) is 0.351. The Morgan fingerprint density at radius 1 is 1.59 bits per heavy atom. The zero-order valence-electron chi connectivity index (χ0n) is 9.35. The number of anilines is 1. The average Bonchev–Trinajstić information content (AvgIpc) is 2.80. The SMILES string of the molecule is O=[N+]([O-])c1cc(O)ccc1NCC1CCCN1. The van der Waals surface area contributed by atoms with Gasteiger partial charge in [-0.2, -0.15) is 0 Å². The van der Waals surface area contributed by atoms with E-state index < -0.39 is 4.92 Å². The van der Waals surface area contributed by atoms with Crippen LogP contribution in [0.3, 0.4) is 0 Å². The second-order valence-electron chi connectivity index (χ2n) is 4.13. The molecule has 1 saturated heterocycles. The number of rotatable bonds is 4. The van der Waals surface area contributed by atoms with Crippen LogP contribution in [0.5, 0.6) is 5.75 Å². The van der Waals surface area contributed by atoms with Crippen LogP contribution in [0, 0.1) is 10.1 Å². The number of hydrogen-bond donors (Lipinski definition) is 3. The van der Waals surface area contributed by atoms with E-state index in [1.165, 1.54) is 12.1 Å². The first kappa shape index (κ1) is 11.7. The normalized spacial score (nSPS) is 19.2. The Hall–Kier alpha value is -1.82. The second kappa shape index (κ2) is 5.01. The quantitative estimate of drug-likeness (QED) is 0.419. The van der Waals surface area contributed by atoms with Crippen LogP contribution in [0.15, 0.2) is 18.2 Å². The number of nitrogens with one attached hydrogen (secondary N) is 2. The topological polar surface area (TPSA) is 87.4 Å². The van der Waals surface area contributed by atoms with Gasteiger partial charge in [-0.05, 0) is 31.5 Å². The van der Waals surface area contributed by atoms with Gasteiger partial charge in [-0.3, -0.25) is 10.1 Å². The third-order valence-corrected chi connectivity index (χ3v) is 2.88. The highest BCUT2D eigenvalue weighted by Crippen LogP contribution is 2.28.